The lowest BCUT2D eigenvalue weighted by Gasteiger charge is -2.33. The molecule has 0 aromatic carbocycles. The molecule has 4 heteroatoms. The number of carbonyl (C=O) groups excluding carboxylic acids is 1. The monoisotopic (exact) mass is 285 g/mol. The number of nitrogens with zero attached hydrogens (tertiary/aromatic N) is 1. The zero-order valence-corrected chi connectivity index (χ0v) is 13.4. The molecule has 0 spiro atoms. The van der Waals surface area contributed by atoms with E-state index in [9.17, 15) is 4.79 Å². The molecule has 20 heavy (non-hydrogen) atoms. The molecular formula is C16H31NO3. The Kier molecular flexibility index (Phi) is 7.35. The average Bonchev–Trinajstić information content (AvgIpc) is 2.37. The van der Waals surface area contributed by atoms with Crippen molar-refractivity contribution in [2.75, 3.05) is 19.7 Å². The molecule has 0 aromatic rings. The van der Waals surface area contributed by atoms with E-state index < -0.39 is 5.60 Å². The molecule has 1 aliphatic rings. The third-order valence-electron chi connectivity index (χ3n) is 3.79. The largest absolute Gasteiger partial charge is 0.444 e. The summed E-state index contributed by atoms with van der Waals surface area (Å²) in [5.41, 5.74) is -0.402. The van der Waals surface area contributed by atoms with Crippen molar-refractivity contribution in [1.82, 2.24) is 4.90 Å². The number of hydrogen-bond acceptors (Lipinski definition) is 3. The van der Waals surface area contributed by atoms with Crippen LogP contribution in [0.5, 0.6) is 0 Å². The van der Waals surface area contributed by atoms with Gasteiger partial charge in [0.25, 0.3) is 0 Å². The van der Waals surface area contributed by atoms with Gasteiger partial charge in [-0.05, 0) is 46.0 Å². The van der Waals surface area contributed by atoms with Gasteiger partial charge in [-0.15, -0.1) is 0 Å². The van der Waals surface area contributed by atoms with Crippen LogP contribution in [0.25, 0.3) is 0 Å². The molecule has 0 bridgehead atoms. The molecule has 0 saturated carbocycles. The second kappa shape index (κ2) is 8.50. The van der Waals surface area contributed by atoms with E-state index in [-0.39, 0.29) is 6.09 Å². The van der Waals surface area contributed by atoms with Gasteiger partial charge in [-0.2, -0.15) is 0 Å². The topological polar surface area (TPSA) is 49.8 Å². The lowest BCUT2D eigenvalue weighted by Crippen LogP contribution is -2.41. The number of aliphatic hydroxyl groups is 1. The summed E-state index contributed by atoms with van der Waals surface area (Å²) in [6.07, 6.45) is 7.80. The Balaban J connectivity index is 2.15. The Hall–Kier alpha value is -0.770. The van der Waals surface area contributed by atoms with Crippen molar-refractivity contribution in [2.24, 2.45) is 5.92 Å². The first-order valence-corrected chi connectivity index (χ1v) is 8.01. The fourth-order valence-corrected chi connectivity index (χ4v) is 2.63. The first-order chi connectivity index (χ1) is 9.42. The summed E-state index contributed by atoms with van der Waals surface area (Å²) in [7, 11) is 0. The number of piperidine rings is 1. The SMILES string of the molecule is CC(C)(C)OC(=O)N1CCC(CCCCCCO)CC1. The molecule has 0 radical (unpaired) electrons. The van der Waals surface area contributed by atoms with E-state index in [0.29, 0.717) is 6.61 Å². The van der Waals surface area contributed by atoms with Crippen LogP contribution in [0.2, 0.25) is 0 Å². The van der Waals surface area contributed by atoms with E-state index in [2.05, 4.69) is 0 Å². The van der Waals surface area contributed by atoms with Crippen LogP contribution in [0, 0.1) is 5.92 Å². The minimum Gasteiger partial charge on any atom is -0.444 e. The van der Waals surface area contributed by atoms with Gasteiger partial charge in [0.2, 0.25) is 0 Å². The average molecular weight is 285 g/mol. The minimum absolute atomic E-state index is 0.168. The smallest absolute Gasteiger partial charge is 0.410 e. The van der Waals surface area contributed by atoms with Gasteiger partial charge >= 0.3 is 6.09 Å². The molecule has 1 amide bonds. The second-order valence-corrected chi connectivity index (χ2v) is 6.84. The zero-order chi connectivity index (χ0) is 15.0. The van der Waals surface area contributed by atoms with Crippen molar-refractivity contribution >= 4 is 6.09 Å². The van der Waals surface area contributed by atoms with Crippen LogP contribution in [0.1, 0.15) is 65.7 Å². The van der Waals surface area contributed by atoms with Crippen LogP contribution in [0.4, 0.5) is 4.79 Å². The predicted octanol–water partition coefficient (Wildman–Crippen LogP) is 3.58. The Morgan fingerprint density at radius 2 is 1.75 bits per heavy atom. The van der Waals surface area contributed by atoms with Gasteiger partial charge in [0.15, 0.2) is 0 Å². The number of likely N-dealkylation sites (tertiary alicyclic amines) is 1. The van der Waals surface area contributed by atoms with Crippen LogP contribution in [-0.2, 0) is 4.74 Å². The van der Waals surface area contributed by atoms with Crippen LogP contribution in [0.15, 0.2) is 0 Å². The quantitative estimate of drug-likeness (QED) is 0.759. The van der Waals surface area contributed by atoms with Gasteiger partial charge in [-0.1, -0.05) is 25.7 Å². The lowest BCUT2D eigenvalue weighted by molar-refractivity contribution is 0.0180. The summed E-state index contributed by atoms with van der Waals surface area (Å²) in [5, 5.41) is 8.73. The van der Waals surface area contributed by atoms with Crippen molar-refractivity contribution in [3.63, 3.8) is 0 Å². The number of rotatable bonds is 6. The van der Waals surface area contributed by atoms with Gasteiger partial charge in [0.1, 0.15) is 5.60 Å². The molecule has 4 nitrogen and oxygen atoms in total. The van der Waals surface area contributed by atoms with Crippen LogP contribution >= 0.6 is 0 Å². The van der Waals surface area contributed by atoms with Crippen molar-refractivity contribution in [1.29, 1.82) is 0 Å². The maximum Gasteiger partial charge on any atom is 0.410 e. The summed E-state index contributed by atoms with van der Waals surface area (Å²) in [4.78, 5) is 13.8. The molecule has 1 N–H and O–H groups in total. The van der Waals surface area contributed by atoms with E-state index >= 15 is 0 Å². The highest BCUT2D eigenvalue weighted by atomic mass is 16.6. The van der Waals surface area contributed by atoms with Crippen LogP contribution in [-0.4, -0.2) is 41.4 Å². The third kappa shape index (κ3) is 7.13. The second-order valence-electron chi connectivity index (χ2n) is 6.84. The number of aliphatic hydroxyl groups excluding tert-OH is 1. The Bertz CT molecular complexity index is 278. The molecule has 118 valence electrons. The van der Waals surface area contributed by atoms with Crippen molar-refractivity contribution in [3.8, 4) is 0 Å². The fourth-order valence-electron chi connectivity index (χ4n) is 2.63. The van der Waals surface area contributed by atoms with E-state index in [1.165, 1.54) is 19.3 Å². The Labute approximate surface area is 123 Å². The molecule has 1 saturated heterocycles. The van der Waals surface area contributed by atoms with Crippen molar-refractivity contribution < 1.29 is 14.6 Å². The van der Waals surface area contributed by atoms with Gasteiger partial charge < -0.3 is 14.7 Å². The summed E-state index contributed by atoms with van der Waals surface area (Å²) in [6.45, 7) is 7.69. The minimum atomic E-state index is -0.402. The first-order valence-electron chi connectivity index (χ1n) is 8.01. The van der Waals surface area contributed by atoms with Crippen molar-refractivity contribution in [2.45, 2.75) is 71.3 Å². The maximum atomic E-state index is 11.9. The molecule has 0 atom stereocenters. The number of hydrogen-bond donors (Lipinski definition) is 1. The lowest BCUT2D eigenvalue weighted by atomic mass is 9.91. The van der Waals surface area contributed by atoms with E-state index in [1.54, 1.807) is 0 Å². The normalized spacial score (nSPS) is 17.3. The van der Waals surface area contributed by atoms with E-state index in [4.69, 9.17) is 9.84 Å². The Morgan fingerprint density at radius 3 is 2.30 bits per heavy atom. The molecule has 1 fully saturated rings. The molecule has 0 aliphatic carbocycles. The maximum absolute atomic E-state index is 11.9. The molecular weight excluding hydrogens is 254 g/mol. The highest BCUT2D eigenvalue weighted by molar-refractivity contribution is 5.68. The predicted molar refractivity (Wildman–Crippen MR) is 80.7 cm³/mol. The van der Waals surface area contributed by atoms with E-state index in [0.717, 1.165) is 44.7 Å². The third-order valence-corrected chi connectivity index (χ3v) is 3.79. The highest BCUT2D eigenvalue weighted by Crippen LogP contribution is 2.24. The van der Waals surface area contributed by atoms with Gasteiger partial charge in [0.05, 0.1) is 0 Å². The first kappa shape index (κ1) is 17.3. The number of amides is 1. The highest BCUT2D eigenvalue weighted by Gasteiger charge is 2.26. The molecule has 1 heterocycles. The molecule has 1 rings (SSSR count). The summed E-state index contributed by atoms with van der Waals surface area (Å²) in [6, 6.07) is 0. The molecule has 1 aliphatic heterocycles. The number of carbonyl (C=O) groups is 1. The van der Waals surface area contributed by atoms with Gasteiger partial charge in [-0.25, -0.2) is 4.79 Å². The van der Waals surface area contributed by atoms with Gasteiger partial charge in [0, 0.05) is 19.7 Å². The summed E-state index contributed by atoms with van der Waals surface area (Å²) in [5.74, 6) is 0.753. The number of unbranched alkanes of at least 4 members (excludes halogenated alkanes) is 3. The molecule has 0 aromatic heterocycles. The standard InChI is InChI=1S/C16H31NO3/c1-16(2,3)20-15(19)17-11-9-14(10-12-17)8-6-4-5-7-13-18/h14,18H,4-13H2,1-3H3. The molecule has 0 unspecified atom stereocenters. The number of ether oxygens (including phenoxy) is 1. The zero-order valence-electron chi connectivity index (χ0n) is 13.4. The van der Waals surface area contributed by atoms with Crippen LogP contribution < -0.4 is 0 Å². The fraction of sp³-hybridized carbons (Fsp3) is 0.938. The summed E-state index contributed by atoms with van der Waals surface area (Å²) < 4.78 is 5.40. The van der Waals surface area contributed by atoms with Crippen molar-refractivity contribution in [3.05, 3.63) is 0 Å². The van der Waals surface area contributed by atoms with E-state index in [1.807, 2.05) is 25.7 Å². The van der Waals surface area contributed by atoms with Gasteiger partial charge in [-0.3, -0.25) is 0 Å². The summed E-state index contributed by atoms with van der Waals surface area (Å²) >= 11 is 0. The van der Waals surface area contributed by atoms with Crippen LogP contribution in [0.3, 0.4) is 0 Å². The Morgan fingerprint density at radius 1 is 1.15 bits per heavy atom.